The van der Waals surface area contributed by atoms with E-state index in [0.29, 0.717) is 10.8 Å². The monoisotopic (exact) mass is 252 g/mol. The van der Waals surface area contributed by atoms with E-state index < -0.39 is 11.3 Å². The average molecular weight is 254 g/mol. The standard InChI is InChI=1S/C9H7Cl3O2/c1-5(9(12)13)14-7-4-2-3-6(10)8(7)11/h2-5H,1H3. The molecule has 0 radical (unpaired) electrons. The van der Waals surface area contributed by atoms with E-state index in [9.17, 15) is 4.79 Å². The van der Waals surface area contributed by atoms with Gasteiger partial charge in [-0.05, 0) is 30.7 Å². The number of hydrogen-bond acceptors (Lipinski definition) is 2. The average Bonchev–Trinajstić information content (AvgIpc) is 2.12. The van der Waals surface area contributed by atoms with Crippen LogP contribution in [0, 0.1) is 0 Å². The van der Waals surface area contributed by atoms with Crippen LogP contribution < -0.4 is 4.74 Å². The molecule has 2 nitrogen and oxygen atoms in total. The molecule has 0 fully saturated rings. The van der Waals surface area contributed by atoms with Gasteiger partial charge in [-0.3, -0.25) is 4.79 Å². The molecule has 0 aliphatic carbocycles. The predicted octanol–water partition coefficient (Wildman–Crippen LogP) is 3.53. The molecule has 76 valence electrons. The molecular formula is C9H7Cl3O2. The highest BCUT2D eigenvalue weighted by Crippen LogP contribution is 2.32. The summed E-state index contributed by atoms with van der Waals surface area (Å²) < 4.78 is 5.19. The molecule has 5 heteroatoms. The topological polar surface area (TPSA) is 26.3 Å². The highest BCUT2D eigenvalue weighted by atomic mass is 35.5. The molecular weight excluding hydrogens is 246 g/mol. The minimum absolute atomic E-state index is 0.277. The Kier molecular flexibility index (Phi) is 4.05. The number of benzene rings is 1. The molecule has 1 aromatic rings. The van der Waals surface area contributed by atoms with Gasteiger partial charge in [0.05, 0.1) is 5.02 Å². The second-order valence-corrected chi connectivity index (χ2v) is 3.77. The second-order valence-electron chi connectivity index (χ2n) is 2.62. The van der Waals surface area contributed by atoms with E-state index in [1.54, 1.807) is 18.2 Å². The van der Waals surface area contributed by atoms with Gasteiger partial charge >= 0.3 is 0 Å². The Balaban J connectivity index is 2.87. The minimum atomic E-state index is -0.743. The van der Waals surface area contributed by atoms with Crippen molar-refractivity contribution in [1.29, 1.82) is 0 Å². The van der Waals surface area contributed by atoms with Crippen LogP contribution in [-0.4, -0.2) is 11.3 Å². The van der Waals surface area contributed by atoms with Gasteiger partial charge in [0.15, 0.2) is 6.10 Å². The lowest BCUT2D eigenvalue weighted by atomic mass is 10.3. The number of hydrogen-bond donors (Lipinski definition) is 0. The smallest absolute Gasteiger partial charge is 0.262 e. The fourth-order valence-electron chi connectivity index (χ4n) is 0.812. The molecule has 0 N–H and O–H groups in total. The lowest BCUT2D eigenvalue weighted by Crippen LogP contribution is -2.19. The van der Waals surface area contributed by atoms with Crippen molar-refractivity contribution in [1.82, 2.24) is 0 Å². The molecule has 0 saturated heterocycles. The zero-order chi connectivity index (χ0) is 10.7. The van der Waals surface area contributed by atoms with Crippen molar-refractivity contribution >= 4 is 40.0 Å². The highest BCUT2D eigenvalue weighted by molar-refractivity contribution is 6.64. The van der Waals surface area contributed by atoms with Crippen molar-refractivity contribution in [2.75, 3.05) is 0 Å². The molecule has 0 amide bonds. The van der Waals surface area contributed by atoms with Crippen LogP contribution in [0.3, 0.4) is 0 Å². The lowest BCUT2D eigenvalue weighted by molar-refractivity contribution is -0.117. The van der Waals surface area contributed by atoms with Crippen molar-refractivity contribution in [3.8, 4) is 5.75 Å². The lowest BCUT2D eigenvalue weighted by Gasteiger charge is -2.12. The van der Waals surface area contributed by atoms with E-state index in [-0.39, 0.29) is 5.02 Å². The number of ether oxygens (including phenoxy) is 1. The van der Waals surface area contributed by atoms with E-state index in [1.807, 2.05) is 0 Å². The summed E-state index contributed by atoms with van der Waals surface area (Å²) in [5.74, 6) is 0.348. The number of carbonyl (C=O) groups excluding carboxylic acids is 1. The van der Waals surface area contributed by atoms with Gasteiger partial charge in [-0.2, -0.15) is 0 Å². The van der Waals surface area contributed by atoms with E-state index in [4.69, 9.17) is 39.5 Å². The normalized spacial score (nSPS) is 12.3. The SMILES string of the molecule is CC(Oc1cccc(Cl)c1Cl)C(=O)Cl. The quantitative estimate of drug-likeness (QED) is 0.770. The first-order chi connectivity index (χ1) is 6.52. The summed E-state index contributed by atoms with van der Waals surface area (Å²) in [6, 6.07) is 4.92. The van der Waals surface area contributed by atoms with Crippen LogP contribution in [0.1, 0.15) is 6.92 Å². The summed E-state index contributed by atoms with van der Waals surface area (Å²) in [6.07, 6.45) is -0.743. The number of halogens is 3. The molecule has 1 rings (SSSR count). The molecule has 0 heterocycles. The van der Waals surface area contributed by atoms with E-state index >= 15 is 0 Å². The van der Waals surface area contributed by atoms with Gasteiger partial charge < -0.3 is 4.74 Å². The number of rotatable bonds is 3. The van der Waals surface area contributed by atoms with E-state index in [1.165, 1.54) is 6.92 Å². The molecule has 14 heavy (non-hydrogen) atoms. The number of carbonyl (C=O) groups is 1. The van der Waals surface area contributed by atoms with Gasteiger partial charge in [0.25, 0.3) is 5.24 Å². The van der Waals surface area contributed by atoms with E-state index in [0.717, 1.165) is 0 Å². The summed E-state index contributed by atoms with van der Waals surface area (Å²) in [4.78, 5) is 10.7. The van der Waals surface area contributed by atoms with Gasteiger partial charge in [0, 0.05) is 0 Å². The van der Waals surface area contributed by atoms with Gasteiger partial charge in [-0.25, -0.2) is 0 Å². The first-order valence-electron chi connectivity index (χ1n) is 3.82. The zero-order valence-corrected chi connectivity index (χ0v) is 9.53. The van der Waals surface area contributed by atoms with Crippen LogP contribution in [0.15, 0.2) is 18.2 Å². The Morgan fingerprint density at radius 2 is 2.07 bits per heavy atom. The Hall–Kier alpha value is -0.440. The fraction of sp³-hybridized carbons (Fsp3) is 0.222. The van der Waals surface area contributed by atoms with Crippen LogP contribution in [0.4, 0.5) is 0 Å². The molecule has 0 bridgehead atoms. The van der Waals surface area contributed by atoms with Crippen molar-refractivity contribution in [3.63, 3.8) is 0 Å². The summed E-state index contributed by atoms with van der Waals surface area (Å²) >= 11 is 16.8. The van der Waals surface area contributed by atoms with Gasteiger partial charge in [-0.15, -0.1) is 0 Å². The van der Waals surface area contributed by atoms with Gasteiger partial charge in [0.2, 0.25) is 0 Å². The molecule has 0 aliphatic heterocycles. The van der Waals surface area contributed by atoms with Gasteiger partial charge in [0.1, 0.15) is 10.8 Å². The van der Waals surface area contributed by atoms with Gasteiger partial charge in [-0.1, -0.05) is 29.3 Å². The first kappa shape index (κ1) is 11.6. The van der Waals surface area contributed by atoms with Crippen molar-refractivity contribution in [3.05, 3.63) is 28.2 Å². The van der Waals surface area contributed by atoms with Crippen LogP contribution >= 0.6 is 34.8 Å². The van der Waals surface area contributed by atoms with Crippen LogP contribution in [0.5, 0.6) is 5.75 Å². The molecule has 0 aromatic heterocycles. The van der Waals surface area contributed by atoms with Crippen LogP contribution in [0.25, 0.3) is 0 Å². The van der Waals surface area contributed by atoms with Crippen molar-refractivity contribution in [2.45, 2.75) is 13.0 Å². The molecule has 1 aromatic carbocycles. The largest absolute Gasteiger partial charge is 0.480 e. The summed E-state index contributed by atoms with van der Waals surface area (Å²) in [5, 5.41) is 0.0679. The first-order valence-corrected chi connectivity index (χ1v) is 4.95. The Labute approximate surface area is 96.7 Å². The third-order valence-electron chi connectivity index (χ3n) is 1.54. The summed E-state index contributed by atoms with van der Waals surface area (Å²) in [7, 11) is 0. The van der Waals surface area contributed by atoms with Crippen molar-refractivity contribution in [2.24, 2.45) is 0 Å². The third-order valence-corrected chi connectivity index (χ3v) is 2.65. The maximum Gasteiger partial charge on any atom is 0.262 e. The third kappa shape index (κ3) is 2.77. The highest BCUT2D eigenvalue weighted by Gasteiger charge is 2.14. The maximum absolute atomic E-state index is 10.7. The molecule has 1 unspecified atom stereocenters. The molecule has 0 aliphatic rings. The van der Waals surface area contributed by atoms with Crippen LogP contribution in [-0.2, 0) is 4.79 Å². The van der Waals surface area contributed by atoms with E-state index in [2.05, 4.69) is 0 Å². The Bertz CT molecular complexity index is 352. The van der Waals surface area contributed by atoms with Crippen LogP contribution in [0.2, 0.25) is 10.0 Å². The Morgan fingerprint density at radius 3 is 2.64 bits per heavy atom. The predicted molar refractivity (Wildman–Crippen MR) is 57.4 cm³/mol. The maximum atomic E-state index is 10.7. The minimum Gasteiger partial charge on any atom is -0.480 e. The fourth-order valence-corrected chi connectivity index (χ4v) is 1.19. The van der Waals surface area contributed by atoms with Crippen molar-refractivity contribution < 1.29 is 9.53 Å². The molecule has 0 spiro atoms. The molecule has 0 saturated carbocycles. The zero-order valence-electron chi connectivity index (χ0n) is 7.26. The molecule has 1 atom stereocenters. The summed E-state index contributed by atoms with van der Waals surface area (Å²) in [6.45, 7) is 1.53. The summed E-state index contributed by atoms with van der Waals surface area (Å²) in [5.41, 5.74) is 0. The Morgan fingerprint density at radius 1 is 1.43 bits per heavy atom. The second kappa shape index (κ2) is 4.87.